The predicted molar refractivity (Wildman–Crippen MR) is 56.4 cm³/mol. The fraction of sp³-hybridized carbons (Fsp3) is 0.333. The molecular formula is C12H4F9NO. The van der Waals surface area contributed by atoms with Gasteiger partial charge in [-0.2, -0.15) is 44.8 Å². The van der Waals surface area contributed by atoms with Crippen LogP contribution in [0, 0.1) is 11.3 Å². The Morgan fingerprint density at radius 1 is 0.913 bits per heavy atom. The molecule has 0 bridgehead atoms. The number of nitrogens with zero attached hydrogens (tertiary/aromatic N) is 1. The zero-order chi connectivity index (χ0) is 18.3. The first-order valence-electron chi connectivity index (χ1n) is 5.45. The van der Waals surface area contributed by atoms with Crippen molar-refractivity contribution in [1.29, 1.82) is 5.26 Å². The van der Waals surface area contributed by atoms with Crippen LogP contribution in [0.25, 0.3) is 0 Å². The van der Waals surface area contributed by atoms with Crippen LogP contribution in [-0.2, 0) is 0 Å². The average molecular weight is 349 g/mol. The highest BCUT2D eigenvalue weighted by Crippen LogP contribution is 2.53. The van der Waals surface area contributed by atoms with Crippen molar-refractivity contribution in [3.8, 4) is 6.07 Å². The number of hydrogen-bond donors (Lipinski definition) is 0. The highest BCUT2D eigenvalue weighted by atomic mass is 19.4. The van der Waals surface area contributed by atoms with Gasteiger partial charge in [-0.05, 0) is 12.1 Å². The summed E-state index contributed by atoms with van der Waals surface area (Å²) in [5.74, 6) is -23.5. The van der Waals surface area contributed by atoms with E-state index in [1.165, 1.54) is 6.07 Å². The smallest absolute Gasteiger partial charge is 0.287 e. The van der Waals surface area contributed by atoms with Gasteiger partial charge in [-0.1, -0.05) is 12.1 Å². The number of carbonyl (C=O) groups excluding carboxylic acids is 1. The molecule has 1 rings (SSSR count). The number of carbonyl (C=O) groups is 1. The molecule has 0 spiro atoms. The Balaban J connectivity index is 3.39. The van der Waals surface area contributed by atoms with Crippen LogP contribution in [0.4, 0.5) is 39.5 Å². The summed E-state index contributed by atoms with van der Waals surface area (Å²) in [6.45, 7) is 0. The maximum atomic E-state index is 13.4. The van der Waals surface area contributed by atoms with E-state index < -0.39 is 40.9 Å². The molecule has 0 saturated heterocycles. The summed E-state index contributed by atoms with van der Waals surface area (Å²) in [5, 5.41) is 8.48. The lowest BCUT2D eigenvalue weighted by atomic mass is 9.95. The van der Waals surface area contributed by atoms with E-state index in [1.807, 2.05) is 0 Å². The number of alkyl halides is 9. The van der Waals surface area contributed by atoms with Crippen molar-refractivity contribution in [2.45, 2.75) is 23.9 Å². The first kappa shape index (κ1) is 18.8. The van der Waals surface area contributed by atoms with Crippen LogP contribution in [0.2, 0.25) is 0 Å². The van der Waals surface area contributed by atoms with Gasteiger partial charge in [0.2, 0.25) is 5.78 Å². The van der Waals surface area contributed by atoms with Gasteiger partial charge < -0.3 is 0 Å². The molecule has 0 heterocycles. The molecule has 11 heteroatoms. The third-order valence-corrected chi connectivity index (χ3v) is 2.68. The fourth-order valence-electron chi connectivity index (χ4n) is 1.43. The number of nitriles is 1. The van der Waals surface area contributed by atoms with Gasteiger partial charge in [-0.3, -0.25) is 4.79 Å². The van der Waals surface area contributed by atoms with Crippen LogP contribution >= 0.6 is 0 Å². The largest absolute Gasteiger partial charge is 0.460 e. The molecule has 0 unspecified atom stereocenters. The van der Waals surface area contributed by atoms with Gasteiger partial charge in [0.05, 0.1) is 11.6 Å². The molecular weight excluding hydrogens is 345 g/mol. The Bertz CT molecular complexity index is 657. The van der Waals surface area contributed by atoms with Crippen molar-refractivity contribution in [2.75, 3.05) is 0 Å². The van der Waals surface area contributed by atoms with Crippen LogP contribution in [0.3, 0.4) is 0 Å². The molecule has 0 fully saturated rings. The molecule has 2 nitrogen and oxygen atoms in total. The van der Waals surface area contributed by atoms with Gasteiger partial charge >= 0.3 is 23.9 Å². The summed E-state index contributed by atoms with van der Waals surface area (Å²) in [6.07, 6.45) is -7.01. The van der Waals surface area contributed by atoms with E-state index in [2.05, 4.69) is 0 Å². The third-order valence-electron chi connectivity index (χ3n) is 2.68. The third kappa shape index (κ3) is 2.85. The van der Waals surface area contributed by atoms with Crippen molar-refractivity contribution in [3.05, 3.63) is 35.4 Å². The molecule has 0 amide bonds. The van der Waals surface area contributed by atoms with Gasteiger partial charge in [0.1, 0.15) is 0 Å². The first-order valence-corrected chi connectivity index (χ1v) is 5.45. The van der Waals surface area contributed by atoms with Crippen LogP contribution in [0.5, 0.6) is 0 Å². The Morgan fingerprint density at radius 3 is 1.87 bits per heavy atom. The monoisotopic (exact) mass is 349 g/mol. The van der Waals surface area contributed by atoms with E-state index in [0.29, 0.717) is 12.1 Å². The Hall–Kier alpha value is -2.25. The zero-order valence-electron chi connectivity index (χ0n) is 10.6. The molecule has 0 aromatic heterocycles. The number of ketones is 1. The van der Waals surface area contributed by atoms with Crippen LogP contribution in [0.1, 0.15) is 15.9 Å². The number of hydrogen-bond acceptors (Lipinski definition) is 2. The lowest BCUT2D eigenvalue weighted by Crippen LogP contribution is -2.63. The topological polar surface area (TPSA) is 40.9 Å². The van der Waals surface area contributed by atoms with Crippen molar-refractivity contribution in [1.82, 2.24) is 0 Å². The molecule has 0 aliphatic carbocycles. The van der Waals surface area contributed by atoms with Gasteiger partial charge in [-0.15, -0.1) is 0 Å². The maximum absolute atomic E-state index is 13.4. The summed E-state index contributed by atoms with van der Waals surface area (Å²) in [5.41, 5.74) is -1.77. The second kappa shape index (κ2) is 5.43. The van der Waals surface area contributed by atoms with E-state index in [9.17, 15) is 44.3 Å². The van der Waals surface area contributed by atoms with Crippen molar-refractivity contribution in [2.24, 2.45) is 0 Å². The molecule has 1 aromatic carbocycles. The summed E-state index contributed by atoms with van der Waals surface area (Å²) < 4.78 is 114. The first-order chi connectivity index (χ1) is 10.2. The molecule has 23 heavy (non-hydrogen) atoms. The summed E-state index contributed by atoms with van der Waals surface area (Å²) >= 11 is 0. The predicted octanol–water partition coefficient (Wildman–Crippen LogP) is 4.21. The van der Waals surface area contributed by atoms with Gasteiger partial charge in [0.15, 0.2) is 0 Å². The number of halogens is 9. The number of rotatable bonds is 4. The highest BCUT2D eigenvalue weighted by molar-refractivity contribution is 6.02. The van der Waals surface area contributed by atoms with E-state index >= 15 is 0 Å². The summed E-state index contributed by atoms with van der Waals surface area (Å²) in [4.78, 5) is 11.3. The normalized spacial score (nSPS) is 13.6. The molecule has 0 saturated carbocycles. The standard InChI is InChI=1S/C12H4F9NO/c13-9(14,10(15,16)11(17,18)12(19,20)21)8(23)7-3-1-2-6(4-7)5-22/h1-4H. The number of Topliss-reactive ketones (excluding diaryl/α,β-unsaturated/α-hetero) is 1. The minimum Gasteiger partial charge on any atom is -0.287 e. The fourth-order valence-corrected chi connectivity index (χ4v) is 1.43. The minimum atomic E-state index is -7.15. The van der Waals surface area contributed by atoms with Gasteiger partial charge in [-0.25, -0.2) is 0 Å². The molecule has 0 N–H and O–H groups in total. The lowest BCUT2D eigenvalue weighted by molar-refractivity contribution is -0.386. The van der Waals surface area contributed by atoms with E-state index in [4.69, 9.17) is 5.26 Å². The summed E-state index contributed by atoms with van der Waals surface area (Å²) in [6, 6.07) is 3.95. The molecule has 0 aliphatic rings. The van der Waals surface area contributed by atoms with E-state index in [0.717, 1.165) is 12.1 Å². The van der Waals surface area contributed by atoms with E-state index in [1.54, 1.807) is 0 Å². The molecule has 0 radical (unpaired) electrons. The Morgan fingerprint density at radius 2 is 1.43 bits per heavy atom. The lowest BCUT2D eigenvalue weighted by Gasteiger charge is -2.32. The summed E-state index contributed by atoms with van der Waals surface area (Å²) in [7, 11) is 0. The zero-order valence-corrected chi connectivity index (χ0v) is 10.6. The van der Waals surface area contributed by atoms with Gasteiger partial charge in [0, 0.05) is 5.56 Å². The highest BCUT2D eigenvalue weighted by Gasteiger charge is 2.83. The minimum absolute atomic E-state index is 0.359. The second-order valence-electron chi connectivity index (χ2n) is 4.24. The number of benzene rings is 1. The van der Waals surface area contributed by atoms with Crippen molar-refractivity contribution in [3.63, 3.8) is 0 Å². The van der Waals surface area contributed by atoms with Crippen LogP contribution in [-0.4, -0.2) is 29.7 Å². The van der Waals surface area contributed by atoms with Crippen molar-refractivity contribution < 1.29 is 44.3 Å². The molecule has 1 aromatic rings. The van der Waals surface area contributed by atoms with Crippen molar-refractivity contribution >= 4 is 5.78 Å². The second-order valence-corrected chi connectivity index (χ2v) is 4.24. The average Bonchev–Trinajstić information content (AvgIpc) is 2.44. The van der Waals surface area contributed by atoms with E-state index in [-0.39, 0.29) is 0 Å². The van der Waals surface area contributed by atoms with Crippen LogP contribution < -0.4 is 0 Å². The Kier molecular flexibility index (Phi) is 4.44. The Labute approximate surface area is 122 Å². The van der Waals surface area contributed by atoms with Crippen LogP contribution in [0.15, 0.2) is 24.3 Å². The molecule has 126 valence electrons. The van der Waals surface area contributed by atoms with Gasteiger partial charge in [0.25, 0.3) is 0 Å². The molecule has 0 atom stereocenters. The molecule has 0 aliphatic heterocycles. The maximum Gasteiger partial charge on any atom is 0.460 e. The SMILES string of the molecule is N#Cc1cccc(C(=O)C(F)(F)C(F)(F)C(F)(F)C(F)(F)F)c1. The quantitative estimate of drug-likeness (QED) is 0.604.